The summed E-state index contributed by atoms with van der Waals surface area (Å²) in [6.45, 7) is 3.99. The van der Waals surface area contributed by atoms with Gasteiger partial charge in [0.15, 0.2) is 0 Å². The summed E-state index contributed by atoms with van der Waals surface area (Å²) < 4.78 is 0. The van der Waals surface area contributed by atoms with Crippen LogP contribution in [0.4, 0.5) is 5.69 Å². The highest BCUT2D eigenvalue weighted by Crippen LogP contribution is 2.23. The van der Waals surface area contributed by atoms with Gasteiger partial charge in [0.05, 0.1) is 0 Å². The number of carbonyl (C=O) groups is 2. The average molecular weight is 337 g/mol. The van der Waals surface area contributed by atoms with Gasteiger partial charge in [0, 0.05) is 36.6 Å². The normalized spacial score (nSPS) is 15.3. The molecule has 0 unspecified atom stereocenters. The number of nitrogens with one attached hydrogen (secondary N) is 1. The van der Waals surface area contributed by atoms with E-state index in [2.05, 4.69) is 5.32 Å². The van der Waals surface area contributed by atoms with Gasteiger partial charge in [-0.3, -0.25) is 9.59 Å². The van der Waals surface area contributed by atoms with Crippen molar-refractivity contribution < 1.29 is 9.59 Å². The predicted molar refractivity (Wildman–Crippen MR) is 93.7 cm³/mol. The number of carbonyl (C=O) groups excluding carboxylic acids is 2. The Labute approximate surface area is 143 Å². The van der Waals surface area contributed by atoms with Gasteiger partial charge in [-0.05, 0) is 37.5 Å². The summed E-state index contributed by atoms with van der Waals surface area (Å²) in [5.74, 6) is -0.0268. The second-order valence-electron chi connectivity index (χ2n) is 6.26. The SMILES string of the molecule is CC(=O)N(CCC(=O)Nc1cc(Cl)ccc1C)C1CCCCC1. The summed E-state index contributed by atoms with van der Waals surface area (Å²) in [6.07, 6.45) is 5.99. The lowest BCUT2D eigenvalue weighted by molar-refractivity contribution is -0.132. The number of hydrogen-bond donors (Lipinski definition) is 1. The van der Waals surface area contributed by atoms with Gasteiger partial charge in [0.1, 0.15) is 0 Å². The fourth-order valence-electron chi connectivity index (χ4n) is 3.15. The van der Waals surface area contributed by atoms with Crippen LogP contribution in [0.2, 0.25) is 5.02 Å². The molecule has 0 spiro atoms. The van der Waals surface area contributed by atoms with Crippen molar-refractivity contribution >= 4 is 29.1 Å². The minimum atomic E-state index is -0.0857. The Morgan fingerprint density at radius 3 is 2.61 bits per heavy atom. The third-order valence-electron chi connectivity index (χ3n) is 4.47. The molecular formula is C18H25ClN2O2. The van der Waals surface area contributed by atoms with Gasteiger partial charge in [-0.2, -0.15) is 0 Å². The maximum atomic E-state index is 12.2. The van der Waals surface area contributed by atoms with Crippen LogP contribution in [-0.2, 0) is 9.59 Å². The molecule has 0 atom stereocenters. The summed E-state index contributed by atoms with van der Waals surface area (Å²) in [5, 5.41) is 3.48. The molecule has 126 valence electrons. The van der Waals surface area contributed by atoms with Crippen molar-refractivity contribution in [3.63, 3.8) is 0 Å². The number of aryl methyl sites for hydroxylation is 1. The molecule has 1 fully saturated rings. The van der Waals surface area contributed by atoms with E-state index in [1.165, 1.54) is 19.3 Å². The Kier molecular flexibility index (Phi) is 6.46. The van der Waals surface area contributed by atoms with Gasteiger partial charge in [-0.15, -0.1) is 0 Å². The summed E-state index contributed by atoms with van der Waals surface area (Å²) in [6, 6.07) is 5.72. The molecule has 1 aliphatic rings. The molecule has 2 amide bonds. The van der Waals surface area contributed by atoms with Gasteiger partial charge >= 0.3 is 0 Å². The molecule has 23 heavy (non-hydrogen) atoms. The first kappa shape index (κ1) is 17.8. The van der Waals surface area contributed by atoms with Crippen LogP contribution < -0.4 is 5.32 Å². The van der Waals surface area contributed by atoms with Gasteiger partial charge in [0.25, 0.3) is 0 Å². The standard InChI is InChI=1S/C18H25ClN2O2/c1-13-8-9-15(19)12-17(13)20-18(23)10-11-21(14(2)22)16-6-4-3-5-7-16/h8-9,12,16H,3-7,10-11H2,1-2H3,(H,20,23). The molecule has 1 N–H and O–H groups in total. The minimum absolute atomic E-state index is 0.0589. The van der Waals surface area contributed by atoms with Crippen LogP contribution in [0.15, 0.2) is 18.2 Å². The zero-order chi connectivity index (χ0) is 16.8. The van der Waals surface area contributed by atoms with E-state index >= 15 is 0 Å². The number of rotatable bonds is 5. The first-order valence-corrected chi connectivity index (χ1v) is 8.68. The maximum Gasteiger partial charge on any atom is 0.226 e. The van der Waals surface area contributed by atoms with E-state index in [-0.39, 0.29) is 11.8 Å². The van der Waals surface area contributed by atoms with E-state index in [1.54, 1.807) is 19.1 Å². The highest BCUT2D eigenvalue weighted by molar-refractivity contribution is 6.31. The number of nitrogens with zero attached hydrogens (tertiary/aromatic N) is 1. The van der Waals surface area contributed by atoms with Crippen molar-refractivity contribution in [1.29, 1.82) is 0 Å². The highest BCUT2D eigenvalue weighted by atomic mass is 35.5. The number of halogens is 1. The van der Waals surface area contributed by atoms with Crippen LogP contribution in [-0.4, -0.2) is 29.3 Å². The zero-order valence-corrected chi connectivity index (χ0v) is 14.7. The summed E-state index contributed by atoms with van der Waals surface area (Å²) in [4.78, 5) is 25.9. The maximum absolute atomic E-state index is 12.2. The van der Waals surface area contributed by atoms with E-state index < -0.39 is 0 Å². The van der Waals surface area contributed by atoms with Gasteiger partial charge in [-0.25, -0.2) is 0 Å². The molecule has 0 aromatic heterocycles. The van der Waals surface area contributed by atoms with Crippen LogP contribution in [0.1, 0.15) is 51.0 Å². The van der Waals surface area contributed by atoms with Crippen molar-refractivity contribution in [2.24, 2.45) is 0 Å². The third kappa shape index (κ3) is 5.24. The fourth-order valence-corrected chi connectivity index (χ4v) is 3.33. The molecule has 0 heterocycles. The first-order chi connectivity index (χ1) is 11.0. The number of amides is 2. The lowest BCUT2D eigenvalue weighted by Crippen LogP contribution is -2.41. The summed E-state index contributed by atoms with van der Waals surface area (Å²) >= 11 is 5.97. The third-order valence-corrected chi connectivity index (χ3v) is 4.71. The van der Waals surface area contributed by atoms with Crippen LogP contribution >= 0.6 is 11.6 Å². The molecule has 0 aliphatic heterocycles. The van der Waals surface area contributed by atoms with Gasteiger partial charge in [0.2, 0.25) is 11.8 Å². The van der Waals surface area contributed by atoms with Crippen LogP contribution in [0.5, 0.6) is 0 Å². The fraction of sp³-hybridized carbons (Fsp3) is 0.556. The van der Waals surface area contributed by atoms with E-state index in [9.17, 15) is 9.59 Å². The summed E-state index contributed by atoms with van der Waals surface area (Å²) in [7, 11) is 0. The molecule has 1 aromatic carbocycles. The van der Waals surface area contributed by atoms with E-state index in [1.807, 2.05) is 17.9 Å². The quantitative estimate of drug-likeness (QED) is 0.877. The van der Waals surface area contributed by atoms with E-state index in [0.29, 0.717) is 24.0 Å². The van der Waals surface area contributed by atoms with Crippen molar-refractivity contribution in [1.82, 2.24) is 4.90 Å². The molecule has 0 saturated heterocycles. The largest absolute Gasteiger partial charge is 0.339 e. The van der Waals surface area contributed by atoms with Crippen molar-refractivity contribution in [3.05, 3.63) is 28.8 Å². The lowest BCUT2D eigenvalue weighted by Gasteiger charge is -2.33. The second-order valence-corrected chi connectivity index (χ2v) is 6.70. The van der Waals surface area contributed by atoms with Crippen LogP contribution in [0.25, 0.3) is 0 Å². The highest BCUT2D eigenvalue weighted by Gasteiger charge is 2.23. The monoisotopic (exact) mass is 336 g/mol. The molecule has 2 rings (SSSR count). The second kappa shape index (κ2) is 8.34. The van der Waals surface area contributed by atoms with Crippen LogP contribution in [0.3, 0.4) is 0 Å². The Bertz CT molecular complexity index is 568. The van der Waals surface area contributed by atoms with Gasteiger partial charge in [-0.1, -0.05) is 36.9 Å². The zero-order valence-electron chi connectivity index (χ0n) is 13.9. The molecule has 1 aliphatic carbocycles. The molecular weight excluding hydrogens is 312 g/mol. The van der Waals surface area contributed by atoms with Crippen molar-refractivity contribution in [3.8, 4) is 0 Å². The predicted octanol–water partition coefficient (Wildman–Crippen LogP) is 4.16. The first-order valence-electron chi connectivity index (χ1n) is 8.30. The Hall–Kier alpha value is -1.55. The molecule has 0 bridgehead atoms. The molecule has 4 nitrogen and oxygen atoms in total. The molecule has 5 heteroatoms. The average Bonchev–Trinajstić information content (AvgIpc) is 2.52. The minimum Gasteiger partial charge on any atom is -0.339 e. The van der Waals surface area contributed by atoms with Crippen LogP contribution in [0, 0.1) is 6.92 Å². The number of hydrogen-bond acceptors (Lipinski definition) is 2. The van der Waals surface area contributed by atoms with Crippen molar-refractivity contribution in [2.75, 3.05) is 11.9 Å². The lowest BCUT2D eigenvalue weighted by atomic mass is 9.94. The van der Waals surface area contributed by atoms with E-state index in [0.717, 1.165) is 24.1 Å². The topological polar surface area (TPSA) is 49.4 Å². The number of benzene rings is 1. The Balaban J connectivity index is 1.91. The smallest absolute Gasteiger partial charge is 0.226 e. The van der Waals surface area contributed by atoms with E-state index in [4.69, 9.17) is 11.6 Å². The molecule has 1 aromatic rings. The van der Waals surface area contributed by atoms with Crippen molar-refractivity contribution in [2.45, 2.75) is 58.4 Å². The Morgan fingerprint density at radius 2 is 1.96 bits per heavy atom. The molecule has 1 saturated carbocycles. The van der Waals surface area contributed by atoms with Gasteiger partial charge < -0.3 is 10.2 Å². The number of anilines is 1. The summed E-state index contributed by atoms with van der Waals surface area (Å²) in [5.41, 5.74) is 1.70. The Morgan fingerprint density at radius 1 is 1.26 bits per heavy atom. The molecule has 0 radical (unpaired) electrons.